The molecule has 2 heterocycles. The first kappa shape index (κ1) is 18.4. The fourth-order valence-corrected chi connectivity index (χ4v) is 3.48. The Balaban J connectivity index is 1.28. The van der Waals surface area contributed by atoms with E-state index in [9.17, 15) is 4.79 Å². The molecule has 1 amide bonds. The zero-order valence-corrected chi connectivity index (χ0v) is 15.9. The molecule has 0 radical (unpaired) electrons. The Bertz CT molecular complexity index is 898. The molecule has 1 N–H and O–H groups in total. The minimum Gasteiger partial charge on any atom is -0.347 e. The first-order valence-corrected chi connectivity index (χ1v) is 9.79. The van der Waals surface area contributed by atoms with Crippen LogP contribution in [0.15, 0.2) is 60.8 Å². The maximum Gasteiger partial charge on any atom is 0.273 e. The Morgan fingerprint density at radius 1 is 0.893 bits per heavy atom. The van der Waals surface area contributed by atoms with Crippen molar-refractivity contribution in [2.24, 2.45) is 0 Å². The number of nitrogens with one attached hydrogen (secondary N) is 1. The average Bonchev–Trinajstić information content (AvgIpc) is 3.40. The van der Waals surface area contributed by atoms with Crippen molar-refractivity contribution in [2.75, 3.05) is 13.1 Å². The van der Waals surface area contributed by atoms with Gasteiger partial charge in [-0.25, -0.2) is 4.68 Å². The van der Waals surface area contributed by atoms with E-state index in [1.165, 1.54) is 31.5 Å². The van der Waals surface area contributed by atoms with Crippen LogP contribution in [0, 0.1) is 0 Å². The number of nitrogens with zero attached hydrogens (tertiary/aromatic N) is 4. The molecule has 1 fully saturated rings. The molecule has 0 saturated carbocycles. The van der Waals surface area contributed by atoms with Crippen LogP contribution in [0.2, 0.25) is 0 Å². The molecule has 28 heavy (non-hydrogen) atoms. The lowest BCUT2D eigenvalue weighted by molar-refractivity contribution is 0.0946. The highest BCUT2D eigenvalue weighted by atomic mass is 16.2. The van der Waals surface area contributed by atoms with E-state index in [0.29, 0.717) is 18.8 Å². The van der Waals surface area contributed by atoms with E-state index in [2.05, 4.69) is 44.8 Å². The minimum atomic E-state index is -0.208. The van der Waals surface area contributed by atoms with Gasteiger partial charge in [-0.1, -0.05) is 59.8 Å². The molecular formula is C22H25N5O. The van der Waals surface area contributed by atoms with E-state index in [4.69, 9.17) is 0 Å². The van der Waals surface area contributed by atoms with Gasteiger partial charge in [0.25, 0.3) is 5.91 Å². The van der Waals surface area contributed by atoms with Crippen molar-refractivity contribution in [2.45, 2.75) is 32.5 Å². The summed E-state index contributed by atoms with van der Waals surface area (Å²) in [7, 11) is 0. The van der Waals surface area contributed by atoms with Gasteiger partial charge >= 0.3 is 0 Å². The minimum absolute atomic E-state index is 0.208. The van der Waals surface area contributed by atoms with Crippen molar-refractivity contribution in [1.29, 1.82) is 0 Å². The van der Waals surface area contributed by atoms with Gasteiger partial charge in [0.1, 0.15) is 0 Å². The zero-order valence-electron chi connectivity index (χ0n) is 15.9. The van der Waals surface area contributed by atoms with Crippen LogP contribution in [-0.4, -0.2) is 38.9 Å². The van der Waals surface area contributed by atoms with Gasteiger partial charge in [0.15, 0.2) is 5.69 Å². The van der Waals surface area contributed by atoms with Gasteiger partial charge in [-0.3, -0.25) is 9.69 Å². The van der Waals surface area contributed by atoms with Gasteiger partial charge in [0, 0.05) is 13.1 Å². The van der Waals surface area contributed by atoms with Crippen LogP contribution >= 0.6 is 0 Å². The highest BCUT2D eigenvalue weighted by molar-refractivity contribution is 5.91. The molecule has 0 spiro atoms. The average molecular weight is 375 g/mol. The summed E-state index contributed by atoms with van der Waals surface area (Å²) in [4.78, 5) is 14.8. The predicted octanol–water partition coefficient (Wildman–Crippen LogP) is 2.85. The number of carbonyl (C=O) groups excluding carboxylic acids is 1. The van der Waals surface area contributed by atoms with Crippen LogP contribution < -0.4 is 5.32 Å². The van der Waals surface area contributed by atoms with E-state index >= 15 is 0 Å². The molecule has 0 bridgehead atoms. The Morgan fingerprint density at radius 3 is 2.32 bits per heavy atom. The normalized spacial score (nSPS) is 14.3. The van der Waals surface area contributed by atoms with Crippen molar-refractivity contribution in [3.8, 4) is 0 Å². The summed E-state index contributed by atoms with van der Waals surface area (Å²) < 4.78 is 1.68. The maximum atomic E-state index is 12.3. The Morgan fingerprint density at radius 2 is 1.57 bits per heavy atom. The smallest absolute Gasteiger partial charge is 0.273 e. The van der Waals surface area contributed by atoms with E-state index in [0.717, 1.165) is 17.7 Å². The molecule has 2 aromatic carbocycles. The highest BCUT2D eigenvalue weighted by Crippen LogP contribution is 2.13. The summed E-state index contributed by atoms with van der Waals surface area (Å²) in [6.45, 7) is 4.48. The summed E-state index contributed by atoms with van der Waals surface area (Å²) in [5, 5.41) is 11.0. The van der Waals surface area contributed by atoms with Crippen LogP contribution in [0.5, 0.6) is 0 Å². The Labute approximate surface area is 165 Å². The third-order valence-corrected chi connectivity index (χ3v) is 5.04. The molecule has 1 aliphatic heterocycles. The second kappa shape index (κ2) is 8.80. The molecule has 144 valence electrons. The summed E-state index contributed by atoms with van der Waals surface area (Å²) in [6, 6.07) is 18.4. The first-order chi connectivity index (χ1) is 13.8. The molecule has 4 rings (SSSR count). The second-order valence-electron chi connectivity index (χ2n) is 7.27. The number of carbonyl (C=O) groups is 1. The summed E-state index contributed by atoms with van der Waals surface area (Å²) in [6.07, 6.45) is 4.29. The van der Waals surface area contributed by atoms with Crippen LogP contribution in [0.1, 0.15) is 40.0 Å². The van der Waals surface area contributed by atoms with Gasteiger partial charge < -0.3 is 5.32 Å². The molecule has 1 aliphatic rings. The quantitative estimate of drug-likeness (QED) is 0.690. The lowest BCUT2D eigenvalue weighted by atomic mass is 10.1. The SMILES string of the molecule is O=C(NCc1ccc(CN2CCCC2)cc1)c1cn(Cc2ccccc2)nn1. The number of likely N-dealkylation sites (tertiary alicyclic amines) is 1. The van der Waals surface area contributed by atoms with Crippen molar-refractivity contribution in [3.05, 3.63) is 83.2 Å². The monoisotopic (exact) mass is 375 g/mol. The number of rotatable bonds is 7. The Hall–Kier alpha value is -2.99. The molecule has 0 aliphatic carbocycles. The zero-order chi connectivity index (χ0) is 19.2. The van der Waals surface area contributed by atoms with Crippen molar-refractivity contribution < 1.29 is 4.79 Å². The third kappa shape index (κ3) is 4.84. The fourth-order valence-electron chi connectivity index (χ4n) is 3.48. The van der Waals surface area contributed by atoms with E-state index in [1.807, 2.05) is 30.3 Å². The van der Waals surface area contributed by atoms with Gasteiger partial charge in [0.2, 0.25) is 0 Å². The topological polar surface area (TPSA) is 63.1 Å². The largest absolute Gasteiger partial charge is 0.347 e. The standard InChI is InChI=1S/C22H25N5O/c28-22(21-17-27(25-24-21)16-19-6-2-1-3-7-19)23-14-18-8-10-20(11-9-18)15-26-12-4-5-13-26/h1-3,6-11,17H,4-5,12-16H2,(H,23,28). The van der Waals surface area contributed by atoms with Crippen molar-refractivity contribution in [1.82, 2.24) is 25.2 Å². The summed E-state index contributed by atoms with van der Waals surface area (Å²) in [5.74, 6) is -0.208. The number of aromatic nitrogens is 3. The van der Waals surface area contributed by atoms with Crippen molar-refractivity contribution >= 4 is 5.91 Å². The molecule has 1 aromatic heterocycles. The van der Waals surface area contributed by atoms with Gasteiger partial charge in [0.05, 0.1) is 12.7 Å². The first-order valence-electron chi connectivity index (χ1n) is 9.79. The van der Waals surface area contributed by atoms with Crippen LogP contribution in [0.4, 0.5) is 0 Å². The number of amides is 1. The maximum absolute atomic E-state index is 12.3. The van der Waals surface area contributed by atoms with Crippen LogP contribution in [0.25, 0.3) is 0 Å². The molecule has 6 nitrogen and oxygen atoms in total. The molecular weight excluding hydrogens is 350 g/mol. The summed E-state index contributed by atoms with van der Waals surface area (Å²) in [5.41, 5.74) is 3.85. The van der Waals surface area contributed by atoms with Gasteiger partial charge in [-0.15, -0.1) is 5.10 Å². The van der Waals surface area contributed by atoms with E-state index < -0.39 is 0 Å². The number of hydrogen-bond donors (Lipinski definition) is 1. The molecule has 0 unspecified atom stereocenters. The van der Waals surface area contributed by atoms with Crippen LogP contribution in [0.3, 0.4) is 0 Å². The highest BCUT2D eigenvalue weighted by Gasteiger charge is 2.12. The van der Waals surface area contributed by atoms with Gasteiger partial charge in [-0.05, 0) is 42.6 Å². The molecule has 6 heteroatoms. The lowest BCUT2D eigenvalue weighted by Crippen LogP contribution is -2.23. The predicted molar refractivity (Wildman–Crippen MR) is 108 cm³/mol. The van der Waals surface area contributed by atoms with Crippen molar-refractivity contribution in [3.63, 3.8) is 0 Å². The second-order valence-corrected chi connectivity index (χ2v) is 7.27. The fraction of sp³-hybridized carbons (Fsp3) is 0.318. The lowest BCUT2D eigenvalue weighted by Gasteiger charge is -2.14. The number of benzene rings is 2. The third-order valence-electron chi connectivity index (χ3n) is 5.04. The van der Waals surface area contributed by atoms with E-state index in [-0.39, 0.29) is 5.91 Å². The van der Waals surface area contributed by atoms with Crippen LogP contribution in [-0.2, 0) is 19.6 Å². The molecule has 1 saturated heterocycles. The van der Waals surface area contributed by atoms with E-state index in [1.54, 1.807) is 10.9 Å². The Kier molecular flexibility index (Phi) is 5.77. The molecule has 0 atom stereocenters. The summed E-state index contributed by atoms with van der Waals surface area (Å²) >= 11 is 0. The molecule has 3 aromatic rings. The van der Waals surface area contributed by atoms with Gasteiger partial charge in [-0.2, -0.15) is 0 Å². The number of hydrogen-bond acceptors (Lipinski definition) is 4.